The lowest BCUT2D eigenvalue weighted by Crippen LogP contribution is -2.44. The molecule has 1 aliphatic heterocycles. The third-order valence-corrected chi connectivity index (χ3v) is 6.13. The molecule has 0 unspecified atom stereocenters. The molecule has 168 valence electrons. The minimum absolute atomic E-state index is 0.00675. The lowest BCUT2D eigenvalue weighted by molar-refractivity contribution is 0.0992. The second-order valence-corrected chi connectivity index (χ2v) is 8.42. The minimum Gasteiger partial charge on any atom is -0.383 e. The maximum atomic E-state index is 13.0. The Morgan fingerprint density at radius 1 is 1.03 bits per heavy atom. The second kappa shape index (κ2) is 8.59. The third-order valence-electron chi connectivity index (χ3n) is 6.13. The van der Waals surface area contributed by atoms with Crippen LogP contribution < -0.4 is 10.6 Å². The number of pyridine rings is 3. The lowest BCUT2D eigenvalue weighted by Gasteiger charge is -2.33. The number of hydrogen-bond acceptors (Lipinski definition) is 8. The molecule has 1 fully saturated rings. The van der Waals surface area contributed by atoms with Crippen LogP contribution in [0.3, 0.4) is 0 Å². The van der Waals surface area contributed by atoms with E-state index in [0.29, 0.717) is 17.1 Å². The van der Waals surface area contributed by atoms with Crippen LogP contribution in [0.25, 0.3) is 22.2 Å². The number of fused-ring (bicyclic) bond motifs is 1. The van der Waals surface area contributed by atoms with Crippen LogP contribution in [-0.4, -0.2) is 68.6 Å². The van der Waals surface area contributed by atoms with Crippen LogP contribution in [0.15, 0.2) is 48.9 Å². The van der Waals surface area contributed by atoms with E-state index in [2.05, 4.69) is 31.9 Å². The topological polar surface area (TPSA) is 106 Å². The predicted octanol–water partition coefficient (Wildman–Crippen LogP) is 2.18. The molecule has 0 spiro atoms. The highest BCUT2D eigenvalue weighted by molar-refractivity contribution is 5.98. The van der Waals surface area contributed by atoms with E-state index in [-0.39, 0.29) is 12.2 Å². The standard InChI is InChI=1S/C24H26N8O/c1-30-7-9-32(10-8-30)23-11-16(5-6-26-23)22(33)13-18-12-21-17(14-27-18)3-4-20(29-21)19-15-28-31(2)24(19)25/h3-6,11-12,14-15H,7-10,13,25H2,1-2H3. The number of likely N-dealkylation sites (N-methyl/N-ethyl adjacent to an activating group) is 1. The van der Waals surface area contributed by atoms with E-state index in [9.17, 15) is 4.79 Å². The number of nitrogens with zero attached hydrogens (tertiary/aromatic N) is 7. The van der Waals surface area contributed by atoms with Crippen LogP contribution in [-0.2, 0) is 13.5 Å². The molecule has 9 nitrogen and oxygen atoms in total. The fraction of sp³-hybridized carbons (Fsp3) is 0.292. The molecule has 0 radical (unpaired) electrons. The van der Waals surface area contributed by atoms with Crippen molar-refractivity contribution in [1.82, 2.24) is 29.6 Å². The molecule has 5 rings (SSSR count). The van der Waals surface area contributed by atoms with E-state index >= 15 is 0 Å². The molecule has 0 amide bonds. The van der Waals surface area contributed by atoms with Gasteiger partial charge >= 0.3 is 0 Å². The SMILES string of the molecule is CN1CCN(c2cc(C(=O)Cc3cc4nc(-c5cnn(C)c5N)ccc4cn3)ccn2)CC1. The summed E-state index contributed by atoms with van der Waals surface area (Å²) in [5, 5.41) is 5.09. The van der Waals surface area contributed by atoms with E-state index in [1.807, 2.05) is 24.3 Å². The molecule has 9 heteroatoms. The Morgan fingerprint density at radius 2 is 1.85 bits per heavy atom. The summed E-state index contributed by atoms with van der Waals surface area (Å²) in [5.74, 6) is 1.41. The van der Waals surface area contributed by atoms with Crippen molar-refractivity contribution in [1.29, 1.82) is 0 Å². The second-order valence-electron chi connectivity index (χ2n) is 8.42. The van der Waals surface area contributed by atoms with E-state index in [1.165, 1.54) is 0 Å². The predicted molar refractivity (Wildman–Crippen MR) is 128 cm³/mol. The molecular weight excluding hydrogens is 416 g/mol. The number of aryl methyl sites for hydroxylation is 1. The molecule has 0 saturated carbocycles. The molecule has 0 atom stereocenters. The van der Waals surface area contributed by atoms with Gasteiger partial charge in [-0.05, 0) is 37.4 Å². The molecule has 0 aromatic carbocycles. The maximum absolute atomic E-state index is 13.0. The van der Waals surface area contributed by atoms with Crippen LogP contribution in [0, 0.1) is 0 Å². The first-order valence-electron chi connectivity index (χ1n) is 10.9. The average Bonchev–Trinajstić information content (AvgIpc) is 3.17. The molecule has 0 bridgehead atoms. The molecule has 33 heavy (non-hydrogen) atoms. The van der Waals surface area contributed by atoms with Gasteiger partial charge in [0.05, 0.1) is 35.1 Å². The maximum Gasteiger partial charge on any atom is 0.169 e. The highest BCUT2D eigenvalue weighted by Gasteiger charge is 2.17. The van der Waals surface area contributed by atoms with Gasteiger partial charge in [0.15, 0.2) is 5.78 Å². The number of rotatable bonds is 5. The van der Waals surface area contributed by atoms with Crippen molar-refractivity contribution in [3.8, 4) is 11.3 Å². The third kappa shape index (κ3) is 4.27. The summed E-state index contributed by atoms with van der Waals surface area (Å²) < 4.78 is 1.61. The van der Waals surface area contributed by atoms with Gasteiger partial charge in [-0.2, -0.15) is 5.10 Å². The molecule has 5 heterocycles. The quantitative estimate of drug-likeness (QED) is 0.469. The molecular formula is C24H26N8O. The number of nitrogen functional groups attached to an aromatic ring is 1. The zero-order chi connectivity index (χ0) is 22.9. The smallest absolute Gasteiger partial charge is 0.169 e. The number of nitrogens with two attached hydrogens (primary N) is 1. The Morgan fingerprint density at radius 3 is 2.61 bits per heavy atom. The zero-order valence-corrected chi connectivity index (χ0v) is 18.8. The molecule has 2 N–H and O–H groups in total. The van der Waals surface area contributed by atoms with Crippen LogP contribution in [0.5, 0.6) is 0 Å². The van der Waals surface area contributed by atoms with E-state index in [1.54, 1.807) is 36.4 Å². The van der Waals surface area contributed by atoms with Gasteiger partial charge in [0, 0.05) is 56.6 Å². The van der Waals surface area contributed by atoms with Gasteiger partial charge in [-0.25, -0.2) is 9.97 Å². The molecule has 1 aliphatic rings. The Bertz CT molecular complexity index is 1320. The number of hydrogen-bond donors (Lipinski definition) is 1. The van der Waals surface area contributed by atoms with Crippen LogP contribution in [0.4, 0.5) is 11.6 Å². The van der Waals surface area contributed by atoms with Crippen LogP contribution in [0.1, 0.15) is 16.1 Å². The highest BCUT2D eigenvalue weighted by Crippen LogP contribution is 2.25. The summed E-state index contributed by atoms with van der Waals surface area (Å²) in [6.07, 6.45) is 5.37. The number of piperazine rings is 1. The summed E-state index contributed by atoms with van der Waals surface area (Å²) in [6, 6.07) is 9.37. The van der Waals surface area contributed by atoms with Crippen molar-refractivity contribution in [2.75, 3.05) is 43.9 Å². The van der Waals surface area contributed by atoms with E-state index in [4.69, 9.17) is 10.7 Å². The van der Waals surface area contributed by atoms with Gasteiger partial charge < -0.3 is 15.5 Å². The normalized spacial score (nSPS) is 14.7. The monoisotopic (exact) mass is 442 g/mol. The van der Waals surface area contributed by atoms with Gasteiger partial charge in [0.25, 0.3) is 0 Å². The molecule has 4 aromatic rings. The van der Waals surface area contributed by atoms with E-state index in [0.717, 1.165) is 54.2 Å². The lowest BCUT2D eigenvalue weighted by atomic mass is 10.1. The number of Topliss-reactive ketones (excluding diaryl/α,β-unsaturated/α-hetero) is 1. The van der Waals surface area contributed by atoms with Crippen molar-refractivity contribution in [3.63, 3.8) is 0 Å². The summed E-state index contributed by atoms with van der Waals surface area (Å²) in [4.78, 5) is 31.2. The number of carbonyl (C=O) groups is 1. The molecule has 0 aliphatic carbocycles. The first kappa shape index (κ1) is 21.0. The van der Waals surface area contributed by atoms with Crippen molar-refractivity contribution in [2.24, 2.45) is 7.05 Å². The summed E-state index contributed by atoms with van der Waals surface area (Å²) >= 11 is 0. The molecule has 1 saturated heterocycles. The largest absolute Gasteiger partial charge is 0.383 e. The Kier molecular flexibility index (Phi) is 5.47. The first-order chi connectivity index (χ1) is 16.0. The van der Waals surface area contributed by atoms with Gasteiger partial charge in [-0.15, -0.1) is 0 Å². The minimum atomic E-state index is 0.00675. The first-order valence-corrected chi connectivity index (χ1v) is 10.9. The molecule has 4 aromatic heterocycles. The fourth-order valence-electron chi connectivity index (χ4n) is 4.02. The van der Waals surface area contributed by atoms with Crippen LogP contribution >= 0.6 is 0 Å². The summed E-state index contributed by atoms with van der Waals surface area (Å²) in [5.41, 5.74) is 9.71. The zero-order valence-electron chi connectivity index (χ0n) is 18.8. The van der Waals surface area contributed by atoms with Crippen molar-refractivity contribution >= 4 is 28.3 Å². The van der Waals surface area contributed by atoms with Gasteiger partial charge in [-0.3, -0.25) is 14.5 Å². The Hall–Kier alpha value is -3.85. The number of carbonyl (C=O) groups excluding carboxylic acids is 1. The van der Waals surface area contributed by atoms with Gasteiger partial charge in [0.2, 0.25) is 0 Å². The van der Waals surface area contributed by atoms with Gasteiger partial charge in [0.1, 0.15) is 11.6 Å². The fourth-order valence-corrected chi connectivity index (χ4v) is 4.02. The average molecular weight is 443 g/mol. The number of anilines is 2. The Labute approximate surface area is 191 Å². The highest BCUT2D eigenvalue weighted by atomic mass is 16.1. The summed E-state index contributed by atoms with van der Waals surface area (Å²) in [6.45, 7) is 3.78. The van der Waals surface area contributed by atoms with Crippen molar-refractivity contribution in [2.45, 2.75) is 6.42 Å². The number of ketones is 1. The summed E-state index contributed by atoms with van der Waals surface area (Å²) in [7, 11) is 3.91. The van der Waals surface area contributed by atoms with E-state index < -0.39 is 0 Å². The van der Waals surface area contributed by atoms with Gasteiger partial charge in [-0.1, -0.05) is 0 Å². The Balaban J connectivity index is 1.37. The van der Waals surface area contributed by atoms with Crippen molar-refractivity contribution < 1.29 is 4.79 Å². The van der Waals surface area contributed by atoms with Crippen LogP contribution in [0.2, 0.25) is 0 Å². The van der Waals surface area contributed by atoms with Crippen molar-refractivity contribution in [3.05, 3.63) is 60.2 Å². The number of aromatic nitrogens is 5.